The van der Waals surface area contributed by atoms with Crippen molar-refractivity contribution in [3.63, 3.8) is 0 Å². The lowest BCUT2D eigenvalue weighted by Gasteiger charge is -2.07. The Kier molecular flexibility index (Phi) is 3.66. The molecular weight excluding hydrogens is 313 g/mol. The molecule has 3 nitrogen and oxygen atoms in total. The van der Waals surface area contributed by atoms with E-state index in [1.54, 1.807) is 36.4 Å². The highest BCUT2D eigenvalue weighted by Crippen LogP contribution is 2.34. The van der Waals surface area contributed by atoms with Gasteiger partial charge in [-0.1, -0.05) is 6.07 Å². The molecule has 2 aromatic heterocycles. The second-order valence-corrected chi connectivity index (χ2v) is 5.45. The zero-order chi connectivity index (χ0) is 15.7. The maximum atomic E-state index is 13.0. The number of methoxy groups -OCH3 is 1. The van der Waals surface area contributed by atoms with E-state index in [0.29, 0.717) is 17.1 Å². The minimum atomic E-state index is -4.48. The minimum Gasteiger partial charge on any atom is -0.497 e. The zero-order valence-electron chi connectivity index (χ0n) is 11.5. The van der Waals surface area contributed by atoms with Gasteiger partial charge in [-0.3, -0.25) is 0 Å². The summed E-state index contributed by atoms with van der Waals surface area (Å²) in [4.78, 5) is 0.721. The van der Waals surface area contributed by atoms with E-state index in [1.165, 1.54) is 23.1 Å². The molecule has 1 aromatic carbocycles. The van der Waals surface area contributed by atoms with Crippen LogP contribution in [0.15, 0.2) is 47.8 Å². The topological polar surface area (TPSA) is 27.1 Å². The van der Waals surface area contributed by atoms with Crippen LogP contribution in [0.2, 0.25) is 0 Å². The fourth-order valence-corrected chi connectivity index (χ4v) is 2.77. The molecule has 0 N–H and O–H groups in total. The molecule has 0 aliphatic carbocycles. The predicted octanol–water partition coefficient (Wildman–Crippen LogP) is 4.63. The summed E-state index contributed by atoms with van der Waals surface area (Å²) >= 11 is 1.36. The van der Waals surface area contributed by atoms with E-state index in [0.717, 1.165) is 10.9 Å². The van der Waals surface area contributed by atoms with Gasteiger partial charge in [-0.2, -0.15) is 18.3 Å². The fraction of sp³-hybridized carbons (Fsp3) is 0.133. The smallest absolute Gasteiger partial charge is 0.435 e. The Morgan fingerprint density at radius 2 is 1.86 bits per heavy atom. The molecule has 0 fully saturated rings. The average Bonchev–Trinajstić information content (AvgIpc) is 3.15. The summed E-state index contributed by atoms with van der Waals surface area (Å²) < 4.78 is 45.3. The number of rotatable bonds is 3. The first-order chi connectivity index (χ1) is 10.5. The number of benzene rings is 1. The Hall–Kier alpha value is -2.28. The van der Waals surface area contributed by atoms with Crippen molar-refractivity contribution in [2.45, 2.75) is 6.18 Å². The predicted molar refractivity (Wildman–Crippen MR) is 78.4 cm³/mol. The third kappa shape index (κ3) is 2.71. The van der Waals surface area contributed by atoms with Crippen LogP contribution in [0.5, 0.6) is 5.75 Å². The number of hydrogen-bond donors (Lipinski definition) is 0. The SMILES string of the molecule is COc1ccc(-n2nc(C(F)(F)F)cc2-c2cccs2)cc1. The highest BCUT2D eigenvalue weighted by Gasteiger charge is 2.35. The quantitative estimate of drug-likeness (QED) is 0.702. The van der Waals surface area contributed by atoms with Gasteiger partial charge in [0, 0.05) is 0 Å². The van der Waals surface area contributed by atoms with E-state index in [-0.39, 0.29) is 0 Å². The molecule has 2 heterocycles. The van der Waals surface area contributed by atoms with Crippen molar-refractivity contribution >= 4 is 11.3 Å². The number of ether oxygens (including phenoxy) is 1. The maximum absolute atomic E-state index is 13.0. The number of alkyl halides is 3. The molecule has 0 amide bonds. The monoisotopic (exact) mass is 324 g/mol. The summed E-state index contributed by atoms with van der Waals surface area (Å²) in [7, 11) is 1.53. The van der Waals surface area contributed by atoms with Crippen LogP contribution in [0, 0.1) is 0 Å². The molecule has 0 saturated carbocycles. The molecular formula is C15H11F3N2OS. The molecule has 0 aliphatic rings. The van der Waals surface area contributed by atoms with Crippen molar-refractivity contribution in [2.75, 3.05) is 7.11 Å². The second-order valence-electron chi connectivity index (χ2n) is 4.50. The molecule has 3 rings (SSSR count). The van der Waals surface area contributed by atoms with Crippen LogP contribution in [0.1, 0.15) is 5.69 Å². The van der Waals surface area contributed by atoms with Crippen molar-refractivity contribution in [1.82, 2.24) is 9.78 Å². The van der Waals surface area contributed by atoms with Gasteiger partial charge in [-0.15, -0.1) is 11.3 Å². The molecule has 3 aromatic rings. The third-order valence-corrected chi connectivity index (χ3v) is 3.98. The van der Waals surface area contributed by atoms with Crippen LogP contribution in [0.4, 0.5) is 13.2 Å². The normalized spacial score (nSPS) is 11.6. The number of halogens is 3. The number of nitrogens with zero attached hydrogens (tertiary/aromatic N) is 2. The van der Waals surface area contributed by atoms with Gasteiger partial charge in [0.25, 0.3) is 0 Å². The fourth-order valence-electron chi connectivity index (χ4n) is 2.04. The maximum Gasteiger partial charge on any atom is 0.435 e. The number of aromatic nitrogens is 2. The summed E-state index contributed by atoms with van der Waals surface area (Å²) in [5.74, 6) is 0.629. The Morgan fingerprint density at radius 1 is 1.14 bits per heavy atom. The standard InChI is InChI=1S/C15H11F3N2OS/c1-21-11-6-4-10(5-7-11)20-12(13-3-2-8-22-13)9-14(19-20)15(16,17)18/h2-9H,1H3. The Labute approximate surface area is 128 Å². The van der Waals surface area contributed by atoms with E-state index in [9.17, 15) is 13.2 Å². The van der Waals surface area contributed by atoms with Gasteiger partial charge in [0.15, 0.2) is 5.69 Å². The highest BCUT2D eigenvalue weighted by atomic mass is 32.1. The summed E-state index contributed by atoms with van der Waals surface area (Å²) in [5, 5.41) is 5.53. The Morgan fingerprint density at radius 3 is 2.41 bits per heavy atom. The van der Waals surface area contributed by atoms with Gasteiger partial charge < -0.3 is 4.74 Å². The van der Waals surface area contributed by atoms with Crippen LogP contribution >= 0.6 is 11.3 Å². The molecule has 0 saturated heterocycles. The summed E-state index contributed by atoms with van der Waals surface area (Å²) in [6.07, 6.45) is -4.48. The van der Waals surface area contributed by atoms with Crippen molar-refractivity contribution < 1.29 is 17.9 Å². The first kappa shape index (κ1) is 14.6. The average molecular weight is 324 g/mol. The Bertz CT molecular complexity index is 761. The molecule has 0 radical (unpaired) electrons. The van der Waals surface area contributed by atoms with Crippen LogP contribution < -0.4 is 4.74 Å². The van der Waals surface area contributed by atoms with Gasteiger partial charge >= 0.3 is 6.18 Å². The largest absolute Gasteiger partial charge is 0.497 e. The van der Waals surface area contributed by atoms with Crippen LogP contribution in [0.3, 0.4) is 0 Å². The molecule has 7 heteroatoms. The van der Waals surface area contributed by atoms with E-state index >= 15 is 0 Å². The van der Waals surface area contributed by atoms with Crippen molar-refractivity contribution in [2.24, 2.45) is 0 Å². The zero-order valence-corrected chi connectivity index (χ0v) is 12.3. The second kappa shape index (κ2) is 5.49. The first-order valence-electron chi connectivity index (χ1n) is 6.34. The Balaban J connectivity index is 2.14. The molecule has 0 atom stereocenters. The third-order valence-electron chi connectivity index (χ3n) is 3.09. The minimum absolute atomic E-state index is 0.410. The molecule has 0 spiro atoms. The van der Waals surface area contributed by atoms with Gasteiger partial charge in [-0.25, -0.2) is 4.68 Å². The van der Waals surface area contributed by atoms with Gasteiger partial charge in [-0.05, 0) is 41.8 Å². The summed E-state index contributed by atoms with van der Waals surface area (Å²) in [5.41, 5.74) is 0.0407. The molecule has 114 valence electrons. The van der Waals surface area contributed by atoms with Gasteiger partial charge in [0.05, 0.1) is 23.4 Å². The van der Waals surface area contributed by atoms with Gasteiger partial charge in [0.1, 0.15) is 5.75 Å². The van der Waals surface area contributed by atoms with Crippen molar-refractivity contribution in [3.8, 4) is 22.0 Å². The van der Waals surface area contributed by atoms with E-state index in [4.69, 9.17) is 4.74 Å². The van der Waals surface area contributed by atoms with Gasteiger partial charge in [0.2, 0.25) is 0 Å². The lowest BCUT2D eigenvalue weighted by atomic mass is 10.2. The number of thiophene rings is 1. The lowest BCUT2D eigenvalue weighted by Crippen LogP contribution is -2.07. The van der Waals surface area contributed by atoms with Crippen LogP contribution in [-0.4, -0.2) is 16.9 Å². The number of hydrogen-bond acceptors (Lipinski definition) is 3. The molecule has 0 bridgehead atoms. The molecule has 22 heavy (non-hydrogen) atoms. The summed E-state index contributed by atoms with van der Waals surface area (Å²) in [6, 6.07) is 11.3. The summed E-state index contributed by atoms with van der Waals surface area (Å²) in [6.45, 7) is 0. The highest BCUT2D eigenvalue weighted by molar-refractivity contribution is 7.13. The molecule has 0 unspecified atom stereocenters. The van der Waals surface area contributed by atoms with Crippen molar-refractivity contribution in [3.05, 3.63) is 53.5 Å². The van der Waals surface area contributed by atoms with E-state index < -0.39 is 11.9 Å². The lowest BCUT2D eigenvalue weighted by molar-refractivity contribution is -0.141. The van der Waals surface area contributed by atoms with Crippen LogP contribution in [0.25, 0.3) is 16.3 Å². The first-order valence-corrected chi connectivity index (χ1v) is 7.22. The van der Waals surface area contributed by atoms with Crippen molar-refractivity contribution in [1.29, 1.82) is 0 Å². The van der Waals surface area contributed by atoms with E-state index in [1.807, 2.05) is 5.38 Å². The molecule has 0 aliphatic heterocycles. The van der Waals surface area contributed by atoms with Crippen LogP contribution in [-0.2, 0) is 6.18 Å². The van der Waals surface area contributed by atoms with E-state index in [2.05, 4.69) is 5.10 Å².